The molecule has 1 N–H and O–H groups in total. The molecular weight excluding hydrogens is 323 g/mol. The Morgan fingerprint density at radius 1 is 1.20 bits per heavy atom. The number of anilines is 2. The first-order chi connectivity index (χ1) is 9.49. The molecule has 0 saturated carbocycles. The second kappa shape index (κ2) is 6.05. The summed E-state index contributed by atoms with van der Waals surface area (Å²) in [7, 11) is 3.82. The van der Waals surface area contributed by atoms with Gasteiger partial charge in [-0.05, 0) is 46.3 Å². The maximum absolute atomic E-state index is 13.8. The minimum Gasteiger partial charge on any atom is -0.378 e. The number of nitrogens with zero attached hydrogens (tertiary/aromatic N) is 1. The normalized spacial score (nSPS) is 10.2. The van der Waals surface area contributed by atoms with E-state index in [4.69, 9.17) is 0 Å². The highest BCUT2D eigenvalue weighted by atomic mass is 79.9. The van der Waals surface area contributed by atoms with Crippen LogP contribution in [-0.2, 0) is 0 Å². The molecule has 1 amide bonds. The molecule has 3 nitrogen and oxygen atoms in total. The number of nitrogens with one attached hydrogen (secondary N) is 1. The first-order valence-electron chi connectivity index (χ1n) is 6.02. The predicted octanol–water partition coefficient (Wildman–Crippen LogP) is 3.91. The molecule has 0 bridgehead atoms. The van der Waals surface area contributed by atoms with E-state index >= 15 is 0 Å². The van der Waals surface area contributed by atoms with Crippen LogP contribution in [0.4, 0.5) is 15.8 Å². The minimum atomic E-state index is -0.561. The van der Waals surface area contributed by atoms with Gasteiger partial charge >= 0.3 is 0 Å². The van der Waals surface area contributed by atoms with Crippen molar-refractivity contribution in [1.82, 2.24) is 0 Å². The molecule has 0 aliphatic rings. The van der Waals surface area contributed by atoms with Gasteiger partial charge < -0.3 is 10.2 Å². The Morgan fingerprint density at radius 2 is 1.90 bits per heavy atom. The van der Waals surface area contributed by atoms with Crippen molar-refractivity contribution in [1.29, 1.82) is 0 Å². The topological polar surface area (TPSA) is 32.3 Å². The molecule has 0 heterocycles. The van der Waals surface area contributed by atoms with E-state index in [9.17, 15) is 9.18 Å². The number of benzene rings is 2. The maximum atomic E-state index is 13.8. The average molecular weight is 337 g/mol. The average Bonchev–Trinajstić information content (AvgIpc) is 2.42. The predicted molar refractivity (Wildman–Crippen MR) is 82.8 cm³/mol. The van der Waals surface area contributed by atoms with Crippen molar-refractivity contribution in [2.75, 3.05) is 24.3 Å². The number of halogens is 2. The van der Waals surface area contributed by atoms with Gasteiger partial charge in [0.15, 0.2) is 0 Å². The molecule has 0 radical (unpaired) electrons. The summed E-state index contributed by atoms with van der Waals surface area (Å²) in [6, 6.07) is 12.0. The number of carbonyl (C=O) groups is 1. The zero-order valence-electron chi connectivity index (χ0n) is 11.2. The highest BCUT2D eigenvalue weighted by Crippen LogP contribution is 2.21. The molecule has 2 aromatic rings. The fourth-order valence-electron chi connectivity index (χ4n) is 1.74. The SMILES string of the molecule is CN(C)c1cccc(NC(=O)c2cccc(Br)c2F)c1. The van der Waals surface area contributed by atoms with Gasteiger partial charge in [-0.1, -0.05) is 12.1 Å². The van der Waals surface area contributed by atoms with E-state index in [0.717, 1.165) is 5.69 Å². The third-order valence-electron chi connectivity index (χ3n) is 2.82. The molecule has 0 spiro atoms. The van der Waals surface area contributed by atoms with Gasteiger partial charge in [0, 0.05) is 25.5 Å². The molecule has 0 aliphatic carbocycles. The van der Waals surface area contributed by atoms with Crippen LogP contribution in [0.15, 0.2) is 46.9 Å². The van der Waals surface area contributed by atoms with Gasteiger partial charge in [-0.15, -0.1) is 0 Å². The zero-order valence-corrected chi connectivity index (χ0v) is 12.7. The second-order valence-corrected chi connectivity index (χ2v) is 5.35. The van der Waals surface area contributed by atoms with Gasteiger partial charge in [0.2, 0.25) is 0 Å². The van der Waals surface area contributed by atoms with Crippen molar-refractivity contribution < 1.29 is 9.18 Å². The lowest BCUT2D eigenvalue weighted by atomic mass is 10.2. The van der Waals surface area contributed by atoms with Crippen molar-refractivity contribution in [2.24, 2.45) is 0 Å². The largest absolute Gasteiger partial charge is 0.378 e. The van der Waals surface area contributed by atoms with Crippen LogP contribution in [0.2, 0.25) is 0 Å². The molecule has 0 unspecified atom stereocenters. The lowest BCUT2D eigenvalue weighted by Crippen LogP contribution is -2.15. The minimum absolute atomic E-state index is 0.00892. The van der Waals surface area contributed by atoms with Crippen LogP contribution in [0.1, 0.15) is 10.4 Å². The highest BCUT2D eigenvalue weighted by Gasteiger charge is 2.14. The summed E-state index contributed by atoms with van der Waals surface area (Å²) in [6.45, 7) is 0. The number of amides is 1. The van der Waals surface area contributed by atoms with Crippen LogP contribution < -0.4 is 10.2 Å². The van der Waals surface area contributed by atoms with Gasteiger partial charge in [0.25, 0.3) is 5.91 Å². The third kappa shape index (κ3) is 3.17. The number of rotatable bonds is 3. The van der Waals surface area contributed by atoms with Crippen LogP contribution in [0.25, 0.3) is 0 Å². The van der Waals surface area contributed by atoms with E-state index in [1.54, 1.807) is 18.2 Å². The van der Waals surface area contributed by atoms with E-state index in [1.165, 1.54) is 6.07 Å². The lowest BCUT2D eigenvalue weighted by Gasteiger charge is -2.14. The summed E-state index contributed by atoms with van der Waals surface area (Å²) in [4.78, 5) is 14.0. The smallest absolute Gasteiger partial charge is 0.258 e. The molecule has 0 atom stereocenters. The van der Waals surface area contributed by atoms with Crippen LogP contribution in [0.3, 0.4) is 0 Å². The van der Waals surface area contributed by atoms with Gasteiger partial charge in [0.05, 0.1) is 10.0 Å². The van der Waals surface area contributed by atoms with Crippen molar-refractivity contribution in [3.8, 4) is 0 Å². The van der Waals surface area contributed by atoms with Crippen LogP contribution >= 0.6 is 15.9 Å². The molecule has 20 heavy (non-hydrogen) atoms. The van der Waals surface area contributed by atoms with Crippen molar-refractivity contribution in [3.63, 3.8) is 0 Å². The fraction of sp³-hybridized carbons (Fsp3) is 0.133. The Balaban J connectivity index is 2.24. The summed E-state index contributed by atoms with van der Waals surface area (Å²) in [5, 5.41) is 2.70. The summed E-state index contributed by atoms with van der Waals surface area (Å²) >= 11 is 3.07. The summed E-state index contributed by atoms with van der Waals surface area (Å²) < 4.78 is 14.1. The van der Waals surface area contributed by atoms with E-state index in [2.05, 4.69) is 21.2 Å². The van der Waals surface area contributed by atoms with Crippen LogP contribution in [0.5, 0.6) is 0 Å². The summed E-state index contributed by atoms with van der Waals surface area (Å²) in [6.07, 6.45) is 0. The molecule has 5 heteroatoms. The van der Waals surface area contributed by atoms with E-state index < -0.39 is 11.7 Å². The molecule has 2 rings (SSSR count). The Kier molecular flexibility index (Phi) is 4.39. The van der Waals surface area contributed by atoms with Gasteiger partial charge in [-0.25, -0.2) is 4.39 Å². The van der Waals surface area contributed by atoms with E-state index in [0.29, 0.717) is 5.69 Å². The second-order valence-electron chi connectivity index (χ2n) is 4.50. The Labute approximate surface area is 125 Å². The van der Waals surface area contributed by atoms with Crippen LogP contribution in [0, 0.1) is 5.82 Å². The van der Waals surface area contributed by atoms with Crippen LogP contribution in [-0.4, -0.2) is 20.0 Å². The Morgan fingerprint density at radius 3 is 2.60 bits per heavy atom. The standard InChI is InChI=1S/C15H14BrFN2O/c1-19(2)11-6-3-5-10(9-11)18-15(20)12-7-4-8-13(16)14(12)17/h3-9H,1-2H3,(H,18,20). The Hall–Kier alpha value is -1.88. The molecule has 2 aromatic carbocycles. The molecule has 0 saturated heterocycles. The quantitative estimate of drug-likeness (QED) is 0.921. The molecule has 0 fully saturated rings. The number of hydrogen-bond donors (Lipinski definition) is 1. The van der Waals surface area contributed by atoms with Gasteiger partial charge in [0.1, 0.15) is 5.82 Å². The molecular formula is C15H14BrFN2O. The highest BCUT2D eigenvalue weighted by molar-refractivity contribution is 9.10. The van der Waals surface area contributed by atoms with E-state index in [-0.39, 0.29) is 10.0 Å². The fourth-order valence-corrected chi connectivity index (χ4v) is 2.11. The van der Waals surface area contributed by atoms with Crippen molar-refractivity contribution in [3.05, 3.63) is 58.3 Å². The van der Waals surface area contributed by atoms with E-state index in [1.807, 2.05) is 37.2 Å². The first-order valence-corrected chi connectivity index (χ1v) is 6.81. The third-order valence-corrected chi connectivity index (χ3v) is 3.43. The van der Waals surface area contributed by atoms with Crippen molar-refractivity contribution in [2.45, 2.75) is 0 Å². The summed E-state index contributed by atoms with van der Waals surface area (Å²) in [5.41, 5.74) is 1.59. The van der Waals surface area contributed by atoms with Gasteiger partial charge in [-0.3, -0.25) is 4.79 Å². The zero-order chi connectivity index (χ0) is 14.7. The molecule has 0 aromatic heterocycles. The van der Waals surface area contributed by atoms with Gasteiger partial charge in [-0.2, -0.15) is 0 Å². The van der Waals surface area contributed by atoms with Crippen molar-refractivity contribution >= 4 is 33.2 Å². The number of carbonyl (C=O) groups excluding carboxylic acids is 1. The monoisotopic (exact) mass is 336 g/mol. The molecule has 0 aliphatic heterocycles. The summed E-state index contributed by atoms with van der Waals surface area (Å²) in [5.74, 6) is -1.03. The molecule has 104 valence electrons. The first kappa shape index (κ1) is 14.5. The number of hydrogen-bond acceptors (Lipinski definition) is 2. The maximum Gasteiger partial charge on any atom is 0.258 e. The Bertz CT molecular complexity index is 644. The lowest BCUT2D eigenvalue weighted by molar-refractivity contribution is 0.102.